The van der Waals surface area contributed by atoms with E-state index in [1.165, 1.54) is 37.6 Å². The van der Waals surface area contributed by atoms with Crippen LogP contribution in [0.2, 0.25) is 0 Å². The molecule has 2 aromatic rings. The average molecular weight is 445 g/mol. The first-order valence-electron chi connectivity index (χ1n) is 10.5. The van der Waals surface area contributed by atoms with Gasteiger partial charge in [0.15, 0.2) is 6.10 Å². The monoisotopic (exact) mass is 444 g/mol. The Morgan fingerprint density at radius 1 is 1.03 bits per heavy atom. The third-order valence-electron chi connectivity index (χ3n) is 5.29. The zero-order chi connectivity index (χ0) is 22.4. The van der Waals surface area contributed by atoms with Crippen LogP contribution >= 0.6 is 0 Å². The molecule has 0 aromatic heterocycles. The summed E-state index contributed by atoms with van der Waals surface area (Å²) in [4.78, 5) is 24.8. The van der Waals surface area contributed by atoms with Crippen LogP contribution < -0.4 is 10.0 Å². The summed E-state index contributed by atoms with van der Waals surface area (Å²) in [5, 5.41) is 2.92. The maximum atomic E-state index is 12.7. The minimum Gasteiger partial charge on any atom is -0.449 e. The summed E-state index contributed by atoms with van der Waals surface area (Å²) in [5.41, 5.74) is 1.49. The van der Waals surface area contributed by atoms with E-state index in [4.69, 9.17) is 4.74 Å². The Labute approximate surface area is 183 Å². The van der Waals surface area contributed by atoms with Gasteiger partial charge >= 0.3 is 5.97 Å². The van der Waals surface area contributed by atoms with Crippen LogP contribution in [0, 0.1) is 6.92 Å². The molecule has 1 amide bonds. The molecule has 8 heteroatoms. The molecule has 166 valence electrons. The van der Waals surface area contributed by atoms with E-state index in [2.05, 4.69) is 10.0 Å². The van der Waals surface area contributed by atoms with E-state index < -0.39 is 22.1 Å². The lowest BCUT2D eigenvalue weighted by Gasteiger charge is -2.24. The molecule has 0 bridgehead atoms. The van der Waals surface area contributed by atoms with Crippen molar-refractivity contribution in [1.29, 1.82) is 0 Å². The highest BCUT2D eigenvalue weighted by atomic mass is 32.2. The lowest BCUT2D eigenvalue weighted by Crippen LogP contribution is -2.42. The molecule has 1 saturated carbocycles. The van der Waals surface area contributed by atoms with E-state index in [1.807, 2.05) is 6.92 Å². The minimum atomic E-state index is -3.88. The first-order valence-corrected chi connectivity index (χ1v) is 11.9. The SMILES string of the molecule is Cc1ccc(NS(=O)(=O)c2cccc(C(=O)OC(C)C(=O)NC3CCCCC3)c2)cc1. The molecule has 2 aromatic carbocycles. The third kappa shape index (κ3) is 6.30. The molecule has 1 unspecified atom stereocenters. The van der Waals surface area contributed by atoms with Crippen molar-refractivity contribution < 1.29 is 22.7 Å². The van der Waals surface area contributed by atoms with Crippen LogP contribution in [0.3, 0.4) is 0 Å². The topological polar surface area (TPSA) is 102 Å². The van der Waals surface area contributed by atoms with Gasteiger partial charge in [-0.1, -0.05) is 43.0 Å². The van der Waals surface area contributed by atoms with Crippen molar-refractivity contribution in [2.24, 2.45) is 0 Å². The van der Waals surface area contributed by atoms with Gasteiger partial charge in [0.25, 0.3) is 15.9 Å². The Kier molecular flexibility index (Phi) is 7.33. The average Bonchev–Trinajstić information content (AvgIpc) is 2.76. The number of sulfonamides is 1. The van der Waals surface area contributed by atoms with Gasteiger partial charge in [-0.3, -0.25) is 9.52 Å². The normalized spacial score (nSPS) is 15.7. The van der Waals surface area contributed by atoms with Gasteiger partial charge in [0.2, 0.25) is 0 Å². The van der Waals surface area contributed by atoms with Crippen molar-refractivity contribution in [2.75, 3.05) is 4.72 Å². The van der Waals surface area contributed by atoms with Crippen molar-refractivity contribution in [3.8, 4) is 0 Å². The molecule has 1 aliphatic carbocycles. The van der Waals surface area contributed by atoms with Crippen LogP contribution in [-0.2, 0) is 19.6 Å². The smallest absolute Gasteiger partial charge is 0.338 e. The summed E-state index contributed by atoms with van der Waals surface area (Å²) in [6.07, 6.45) is 4.23. The number of anilines is 1. The maximum Gasteiger partial charge on any atom is 0.338 e. The number of benzene rings is 2. The summed E-state index contributed by atoms with van der Waals surface area (Å²) < 4.78 is 33.1. The number of hydrogen-bond acceptors (Lipinski definition) is 5. The van der Waals surface area contributed by atoms with Gasteiger partial charge in [-0.2, -0.15) is 0 Å². The van der Waals surface area contributed by atoms with Gasteiger partial charge in [0.1, 0.15) is 0 Å². The highest BCUT2D eigenvalue weighted by Gasteiger charge is 2.24. The molecule has 1 atom stereocenters. The van der Waals surface area contributed by atoms with Crippen molar-refractivity contribution in [1.82, 2.24) is 5.32 Å². The summed E-state index contributed by atoms with van der Waals surface area (Å²) in [6.45, 7) is 3.42. The Hall–Kier alpha value is -2.87. The fourth-order valence-electron chi connectivity index (χ4n) is 3.47. The van der Waals surface area contributed by atoms with Gasteiger partial charge in [-0.15, -0.1) is 0 Å². The van der Waals surface area contributed by atoms with Crippen LogP contribution in [-0.4, -0.2) is 32.4 Å². The molecule has 0 saturated heterocycles. The number of carbonyl (C=O) groups excluding carboxylic acids is 2. The van der Waals surface area contributed by atoms with Gasteiger partial charge < -0.3 is 10.1 Å². The van der Waals surface area contributed by atoms with Gasteiger partial charge in [-0.25, -0.2) is 13.2 Å². The molecule has 0 radical (unpaired) electrons. The van der Waals surface area contributed by atoms with E-state index >= 15 is 0 Å². The Morgan fingerprint density at radius 2 is 1.71 bits per heavy atom. The predicted octanol–water partition coefficient (Wildman–Crippen LogP) is 3.79. The number of esters is 1. The Bertz CT molecular complexity index is 1030. The molecule has 1 aliphatic rings. The van der Waals surface area contributed by atoms with Crippen LogP contribution in [0.15, 0.2) is 53.4 Å². The summed E-state index contributed by atoms with van der Waals surface area (Å²) in [7, 11) is -3.88. The highest BCUT2D eigenvalue weighted by Crippen LogP contribution is 2.19. The second kappa shape index (κ2) is 9.96. The summed E-state index contributed by atoms with van der Waals surface area (Å²) in [5.74, 6) is -1.09. The van der Waals surface area contributed by atoms with Crippen molar-refractivity contribution in [3.05, 3.63) is 59.7 Å². The minimum absolute atomic E-state index is 0.0593. The number of ether oxygens (including phenoxy) is 1. The molecule has 0 heterocycles. The molecule has 3 rings (SSSR count). The number of aryl methyl sites for hydroxylation is 1. The number of carbonyl (C=O) groups is 2. The zero-order valence-electron chi connectivity index (χ0n) is 17.8. The molecular formula is C23H28N2O5S. The van der Waals surface area contributed by atoms with Gasteiger partial charge in [0, 0.05) is 11.7 Å². The first kappa shape index (κ1) is 22.8. The molecule has 0 aliphatic heterocycles. The largest absolute Gasteiger partial charge is 0.449 e. The van der Waals surface area contributed by atoms with Gasteiger partial charge in [0.05, 0.1) is 10.5 Å². The van der Waals surface area contributed by atoms with Crippen molar-refractivity contribution >= 4 is 27.6 Å². The van der Waals surface area contributed by atoms with Crippen LogP contribution in [0.4, 0.5) is 5.69 Å². The van der Waals surface area contributed by atoms with E-state index in [0.717, 1.165) is 31.2 Å². The van der Waals surface area contributed by atoms with Crippen LogP contribution in [0.1, 0.15) is 54.9 Å². The Balaban J connectivity index is 1.64. The predicted molar refractivity (Wildman–Crippen MR) is 118 cm³/mol. The lowest BCUT2D eigenvalue weighted by atomic mass is 9.95. The second-order valence-electron chi connectivity index (χ2n) is 7.89. The quantitative estimate of drug-likeness (QED) is 0.633. The fourth-order valence-corrected chi connectivity index (χ4v) is 4.58. The first-order chi connectivity index (χ1) is 14.7. The molecular weight excluding hydrogens is 416 g/mol. The highest BCUT2D eigenvalue weighted by molar-refractivity contribution is 7.92. The van der Waals surface area contributed by atoms with E-state index in [0.29, 0.717) is 5.69 Å². The van der Waals surface area contributed by atoms with E-state index in [9.17, 15) is 18.0 Å². The standard InChI is InChI=1S/C23H28N2O5S/c1-16-11-13-20(14-12-16)25-31(28,29)21-10-6-7-18(15-21)23(27)30-17(2)22(26)24-19-8-4-3-5-9-19/h6-7,10-15,17,19,25H,3-5,8-9H2,1-2H3,(H,24,26). The molecule has 31 heavy (non-hydrogen) atoms. The molecule has 2 N–H and O–H groups in total. The second-order valence-corrected chi connectivity index (χ2v) is 9.57. The van der Waals surface area contributed by atoms with Crippen molar-refractivity contribution in [3.63, 3.8) is 0 Å². The molecule has 0 spiro atoms. The zero-order valence-corrected chi connectivity index (χ0v) is 18.6. The van der Waals surface area contributed by atoms with E-state index in [1.54, 1.807) is 24.3 Å². The van der Waals surface area contributed by atoms with Crippen LogP contribution in [0.5, 0.6) is 0 Å². The van der Waals surface area contributed by atoms with E-state index in [-0.39, 0.29) is 22.4 Å². The molecule has 7 nitrogen and oxygen atoms in total. The number of nitrogens with one attached hydrogen (secondary N) is 2. The summed E-state index contributed by atoms with van der Waals surface area (Å²) in [6, 6.07) is 12.6. The fraction of sp³-hybridized carbons (Fsp3) is 0.391. The van der Waals surface area contributed by atoms with Gasteiger partial charge in [-0.05, 0) is 57.0 Å². The van der Waals surface area contributed by atoms with Crippen LogP contribution in [0.25, 0.3) is 0 Å². The molecule has 1 fully saturated rings. The Morgan fingerprint density at radius 3 is 2.39 bits per heavy atom. The van der Waals surface area contributed by atoms with Crippen molar-refractivity contribution in [2.45, 2.75) is 63.0 Å². The summed E-state index contributed by atoms with van der Waals surface area (Å²) >= 11 is 0. The maximum absolute atomic E-state index is 12.7. The number of hydrogen-bond donors (Lipinski definition) is 2. The third-order valence-corrected chi connectivity index (χ3v) is 6.67. The number of rotatable bonds is 7. The number of amides is 1. The lowest BCUT2D eigenvalue weighted by molar-refractivity contribution is -0.130.